The van der Waals surface area contributed by atoms with E-state index in [0.717, 1.165) is 24.2 Å². The maximum absolute atomic E-state index is 2.53. The highest BCUT2D eigenvalue weighted by Gasteiger charge is 2.36. The molecule has 2 heteroatoms. The van der Waals surface area contributed by atoms with Crippen LogP contribution < -0.4 is 9.80 Å². The Morgan fingerprint density at radius 1 is 0.301 bits per heavy atom. The minimum Gasteiger partial charge on any atom is -0.310 e. The molecule has 2 aliphatic heterocycles. The summed E-state index contributed by atoms with van der Waals surface area (Å²) >= 11 is 0. The van der Waals surface area contributed by atoms with Crippen molar-refractivity contribution >= 4 is 66.4 Å². The third kappa shape index (κ3) is 6.36. The fourth-order valence-corrected chi connectivity index (χ4v) is 13.0. The topological polar surface area (TPSA) is 6.48 Å². The lowest BCUT2D eigenvalue weighted by molar-refractivity contribution is 0.660. The highest BCUT2D eigenvalue weighted by atomic mass is 15.2. The molecule has 1 aliphatic carbocycles. The Kier molecular flexibility index (Phi) is 9.16. The average Bonchev–Trinajstić information content (AvgIpc) is 3.69. The van der Waals surface area contributed by atoms with Gasteiger partial charge in [0.2, 0.25) is 0 Å². The van der Waals surface area contributed by atoms with Gasteiger partial charge in [0.15, 0.2) is 0 Å². The molecule has 0 radical (unpaired) electrons. The number of hydrogen-bond donors (Lipinski definition) is 0. The summed E-state index contributed by atoms with van der Waals surface area (Å²) in [5.74, 6) is 0. The fourth-order valence-electron chi connectivity index (χ4n) is 13.0. The summed E-state index contributed by atoms with van der Waals surface area (Å²) in [5.41, 5.74) is 25.1. The van der Waals surface area contributed by atoms with E-state index in [4.69, 9.17) is 0 Å². The van der Waals surface area contributed by atoms with Gasteiger partial charge >= 0.3 is 0 Å². The van der Waals surface area contributed by atoms with E-state index in [1.54, 1.807) is 0 Å². The fraction of sp³-hybridized carbons (Fsp3) is 0.0704. The standard InChI is InChI=1S/C71H50N2/c1-71(2)63-27-13-12-26-55(63)56-35-32-52(42-64(56)71)69-57-36-33-54(73-67-30-16-10-24-50(67)39-51-25-11-17-31-68(51)73)44-62(57)70(60-41-47-21-7-6-20-46(47)40-59(60)45-18-4-3-5-19-45)58-37-34-53(43-61(58)69)72-65-28-14-8-22-48(65)38-49-23-9-15-29-66(49)72/h3-37,40-44H,38-39H2,1-2H3. The molecule has 3 aliphatic rings. The van der Waals surface area contributed by atoms with Crippen LogP contribution in [0, 0.1) is 0 Å². The van der Waals surface area contributed by atoms with Gasteiger partial charge in [0.1, 0.15) is 0 Å². The van der Waals surface area contributed by atoms with Gasteiger partial charge in [-0.3, -0.25) is 0 Å². The van der Waals surface area contributed by atoms with Crippen LogP contribution >= 0.6 is 0 Å². The van der Waals surface area contributed by atoms with Crippen molar-refractivity contribution in [1.82, 2.24) is 0 Å². The molecule has 0 aromatic heterocycles. The van der Waals surface area contributed by atoms with Crippen molar-refractivity contribution in [2.75, 3.05) is 9.80 Å². The van der Waals surface area contributed by atoms with E-state index in [2.05, 4.69) is 266 Å². The molecular weight excluding hydrogens is 881 g/mol. The summed E-state index contributed by atoms with van der Waals surface area (Å²) in [6.45, 7) is 4.80. The molecule has 2 heterocycles. The summed E-state index contributed by atoms with van der Waals surface area (Å²) < 4.78 is 0. The largest absolute Gasteiger partial charge is 0.310 e. The Morgan fingerprint density at radius 2 is 0.753 bits per heavy atom. The molecule has 0 bridgehead atoms. The lowest BCUT2D eigenvalue weighted by atomic mass is 9.79. The zero-order chi connectivity index (χ0) is 48.4. The predicted octanol–water partition coefficient (Wildman–Crippen LogP) is 19.2. The average molecular weight is 931 g/mol. The Balaban J connectivity index is 1.09. The maximum Gasteiger partial charge on any atom is 0.0497 e. The number of hydrogen-bond acceptors (Lipinski definition) is 2. The van der Waals surface area contributed by atoms with E-state index in [1.165, 1.54) is 133 Å². The number of anilines is 6. The number of benzene rings is 12. The summed E-state index contributed by atoms with van der Waals surface area (Å²) in [5, 5.41) is 7.33. The van der Waals surface area contributed by atoms with E-state index in [-0.39, 0.29) is 5.41 Å². The van der Waals surface area contributed by atoms with Crippen LogP contribution in [0.5, 0.6) is 0 Å². The molecule has 12 aromatic carbocycles. The highest BCUT2D eigenvalue weighted by Crippen LogP contribution is 2.55. The van der Waals surface area contributed by atoms with Crippen molar-refractivity contribution in [3.8, 4) is 44.5 Å². The number of para-hydroxylation sites is 4. The molecule has 0 amide bonds. The zero-order valence-corrected chi connectivity index (χ0v) is 40.9. The zero-order valence-electron chi connectivity index (χ0n) is 40.9. The molecule has 0 unspecified atom stereocenters. The van der Waals surface area contributed by atoms with E-state index in [9.17, 15) is 0 Å². The van der Waals surface area contributed by atoms with Gasteiger partial charge in [0.05, 0.1) is 0 Å². The van der Waals surface area contributed by atoms with Crippen molar-refractivity contribution in [3.05, 3.63) is 276 Å². The molecular formula is C71H50N2. The number of fused-ring (bicyclic) bond motifs is 10. The molecule has 0 saturated carbocycles. The Hall–Kier alpha value is -8.98. The van der Waals surface area contributed by atoms with Gasteiger partial charge in [0, 0.05) is 52.4 Å². The van der Waals surface area contributed by atoms with Crippen LogP contribution in [0.3, 0.4) is 0 Å². The van der Waals surface area contributed by atoms with Crippen molar-refractivity contribution in [1.29, 1.82) is 0 Å². The molecule has 0 fully saturated rings. The van der Waals surface area contributed by atoms with E-state index < -0.39 is 0 Å². The lowest BCUT2D eigenvalue weighted by Crippen LogP contribution is -2.18. The molecule has 73 heavy (non-hydrogen) atoms. The first-order valence-corrected chi connectivity index (χ1v) is 25.7. The number of nitrogens with zero attached hydrogens (tertiary/aromatic N) is 2. The van der Waals surface area contributed by atoms with Crippen molar-refractivity contribution in [2.24, 2.45) is 0 Å². The van der Waals surface area contributed by atoms with Crippen LogP contribution in [0.15, 0.2) is 243 Å². The Morgan fingerprint density at radius 3 is 1.33 bits per heavy atom. The van der Waals surface area contributed by atoms with Gasteiger partial charge in [-0.1, -0.05) is 190 Å². The van der Waals surface area contributed by atoms with Crippen molar-refractivity contribution in [2.45, 2.75) is 32.1 Å². The van der Waals surface area contributed by atoms with Crippen LogP contribution in [-0.4, -0.2) is 0 Å². The third-order valence-corrected chi connectivity index (χ3v) is 16.4. The second-order valence-electron chi connectivity index (χ2n) is 20.8. The van der Waals surface area contributed by atoms with Crippen molar-refractivity contribution in [3.63, 3.8) is 0 Å². The van der Waals surface area contributed by atoms with Gasteiger partial charge in [-0.15, -0.1) is 0 Å². The Bertz CT molecular complexity index is 4160. The van der Waals surface area contributed by atoms with Crippen LogP contribution in [-0.2, 0) is 18.3 Å². The molecule has 12 aromatic rings. The maximum atomic E-state index is 2.53. The van der Waals surface area contributed by atoms with Gasteiger partial charge < -0.3 is 9.80 Å². The lowest BCUT2D eigenvalue weighted by Gasteiger charge is -2.34. The first-order chi connectivity index (χ1) is 36.0. The van der Waals surface area contributed by atoms with Gasteiger partial charge in [-0.25, -0.2) is 0 Å². The molecule has 0 N–H and O–H groups in total. The first kappa shape index (κ1) is 41.8. The molecule has 15 rings (SSSR count). The highest BCUT2D eigenvalue weighted by molar-refractivity contribution is 6.24. The Labute approximate surface area is 426 Å². The number of rotatable bonds is 5. The molecule has 2 nitrogen and oxygen atoms in total. The summed E-state index contributed by atoms with van der Waals surface area (Å²) in [6.07, 6.45) is 1.81. The summed E-state index contributed by atoms with van der Waals surface area (Å²) in [4.78, 5) is 5.01. The summed E-state index contributed by atoms with van der Waals surface area (Å²) in [6, 6.07) is 91.5. The van der Waals surface area contributed by atoms with Gasteiger partial charge in [-0.2, -0.15) is 0 Å². The quantitative estimate of drug-likeness (QED) is 0.159. The molecule has 0 atom stereocenters. The molecule has 344 valence electrons. The minimum atomic E-state index is -0.169. The van der Waals surface area contributed by atoms with E-state index >= 15 is 0 Å². The van der Waals surface area contributed by atoms with E-state index in [0.29, 0.717) is 0 Å². The smallest absolute Gasteiger partial charge is 0.0497 e. The van der Waals surface area contributed by atoms with Crippen molar-refractivity contribution < 1.29 is 0 Å². The second kappa shape index (κ2) is 16.0. The normalized spacial score (nSPS) is 13.8. The van der Waals surface area contributed by atoms with Crippen LogP contribution in [0.1, 0.15) is 47.2 Å². The molecule has 0 spiro atoms. The van der Waals surface area contributed by atoms with Crippen LogP contribution in [0.4, 0.5) is 34.1 Å². The molecule has 0 saturated heterocycles. The second-order valence-corrected chi connectivity index (χ2v) is 20.8. The van der Waals surface area contributed by atoms with Gasteiger partial charge in [0.25, 0.3) is 0 Å². The monoisotopic (exact) mass is 930 g/mol. The SMILES string of the molecule is CC1(C)c2ccccc2-c2ccc(-c3c4cc(N5c6ccccc6Cc6ccccc65)ccc4c(-c4cc5ccccc5cc4-c4ccccc4)c4cc(N5c6ccccc6Cc6ccccc65)ccc34)cc21. The van der Waals surface area contributed by atoms with Crippen LogP contribution in [0.25, 0.3) is 76.8 Å². The third-order valence-electron chi connectivity index (χ3n) is 16.4. The minimum absolute atomic E-state index is 0.169. The van der Waals surface area contributed by atoms with Crippen LogP contribution in [0.2, 0.25) is 0 Å². The van der Waals surface area contributed by atoms with E-state index in [1.807, 2.05) is 0 Å². The van der Waals surface area contributed by atoms with Gasteiger partial charge in [-0.05, 0) is 177 Å². The summed E-state index contributed by atoms with van der Waals surface area (Å²) in [7, 11) is 0. The predicted molar refractivity (Wildman–Crippen MR) is 308 cm³/mol. The first-order valence-electron chi connectivity index (χ1n) is 25.7.